The molecular weight excluding hydrogens is 242 g/mol. The Labute approximate surface area is 101 Å². The third kappa shape index (κ3) is 2.06. The second-order valence-electron chi connectivity index (χ2n) is 3.75. The molecule has 0 aliphatic carbocycles. The van der Waals surface area contributed by atoms with E-state index in [1.807, 2.05) is 0 Å². The summed E-state index contributed by atoms with van der Waals surface area (Å²) >= 11 is 0. The molecular formula is C11H10F2N4O. The van der Waals surface area contributed by atoms with Gasteiger partial charge in [-0.2, -0.15) is 0 Å². The molecule has 1 aromatic carbocycles. The summed E-state index contributed by atoms with van der Waals surface area (Å²) in [6, 6.07) is 3.58. The summed E-state index contributed by atoms with van der Waals surface area (Å²) in [5.41, 5.74) is 5.30. The highest BCUT2D eigenvalue weighted by Gasteiger charge is 2.16. The van der Waals surface area contributed by atoms with Crippen LogP contribution < -0.4 is 5.73 Å². The van der Waals surface area contributed by atoms with Crippen LogP contribution in [-0.2, 0) is 6.54 Å². The van der Waals surface area contributed by atoms with Gasteiger partial charge >= 0.3 is 0 Å². The first-order chi connectivity index (χ1) is 8.50. The molecule has 0 atom stereocenters. The molecule has 94 valence electrons. The topological polar surface area (TPSA) is 73.8 Å². The number of aromatic nitrogens is 3. The van der Waals surface area contributed by atoms with Crippen LogP contribution in [0.15, 0.2) is 18.2 Å². The SMILES string of the molecule is Cc1c(C(N)=O)nnn1Cc1c(F)cccc1F. The van der Waals surface area contributed by atoms with Gasteiger partial charge in [0.1, 0.15) is 11.6 Å². The number of hydrogen-bond acceptors (Lipinski definition) is 3. The largest absolute Gasteiger partial charge is 0.364 e. The van der Waals surface area contributed by atoms with Crippen LogP contribution in [0.1, 0.15) is 21.7 Å². The van der Waals surface area contributed by atoms with Crippen LogP contribution in [0, 0.1) is 18.6 Å². The number of benzene rings is 1. The van der Waals surface area contributed by atoms with Crippen LogP contribution in [0.5, 0.6) is 0 Å². The van der Waals surface area contributed by atoms with E-state index in [0.29, 0.717) is 5.69 Å². The number of nitrogens with two attached hydrogens (primary N) is 1. The fraction of sp³-hybridized carbons (Fsp3) is 0.182. The number of rotatable bonds is 3. The standard InChI is InChI=1S/C11H10F2N4O/c1-6-10(11(14)18)15-16-17(6)5-7-8(12)3-2-4-9(7)13/h2-4H,5H2,1H3,(H2,14,18). The van der Waals surface area contributed by atoms with Gasteiger partial charge in [0.25, 0.3) is 5.91 Å². The molecule has 0 saturated heterocycles. The zero-order chi connectivity index (χ0) is 13.3. The lowest BCUT2D eigenvalue weighted by Crippen LogP contribution is -2.14. The van der Waals surface area contributed by atoms with E-state index in [1.165, 1.54) is 10.7 Å². The Morgan fingerprint density at radius 3 is 2.50 bits per heavy atom. The zero-order valence-electron chi connectivity index (χ0n) is 9.52. The maximum absolute atomic E-state index is 13.4. The lowest BCUT2D eigenvalue weighted by Gasteiger charge is -2.06. The van der Waals surface area contributed by atoms with Crippen LogP contribution in [-0.4, -0.2) is 20.9 Å². The minimum atomic E-state index is -0.729. The molecule has 1 aromatic heterocycles. The molecule has 2 aromatic rings. The van der Waals surface area contributed by atoms with Crippen molar-refractivity contribution >= 4 is 5.91 Å². The first-order valence-corrected chi connectivity index (χ1v) is 5.13. The average molecular weight is 252 g/mol. The summed E-state index contributed by atoms with van der Waals surface area (Å²) in [6.07, 6.45) is 0. The Balaban J connectivity index is 2.38. The Kier molecular flexibility index (Phi) is 3.05. The second kappa shape index (κ2) is 4.52. The number of nitrogens with zero attached hydrogens (tertiary/aromatic N) is 3. The molecule has 5 nitrogen and oxygen atoms in total. The highest BCUT2D eigenvalue weighted by molar-refractivity contribution is 5.91. The van der Waals surface area contributed by atoms with Gasteiger partial charge in [-0.15, -0.1) is 5.10 Å². The Hall–Kier alpha value is -2.31. The molecule has 0 unspecified atom stereocenters. The lowest BCUT2D eigenvalue weighted by atomic mass is 10.2. The average Bonchev–Trinajstić information content (AvgIpc) is 2.66. The maximum atomic E-state index is 13.4. The fourth-order valence-corrected chi connectivity index (χ4v) is 1.57. The highest BCUT2D eigenvalue weighted by Crippen LogP contribution is 2.14. The van der Waals surface area contributed by atoms with Crippen molar-refractivity contribution in [3.05, 3.63) is 46.8 Å². The number of primary amides is 1. The van der Waals surface area contributed by atoms with Crippen molar-refractivity contribution in [1.29, 1.82) is 0 Å². The van der Waals surface area contributed by atoms with Crippen LogP contribution in [0.25, 0.3) is 0 Å². The summed E-state index contributed by atoms with van der Waals surface area (Å²) in [5, 5.41) is 7.21. The molecule has 0 saturated carbocycles. The number of halogens is 2. The van der Waals surface area contributed by atoms with E-state index in [1.54, 1.807) is 6.92 Å². The normalized spacial score (nSPS) is 10.6. The van der Waals surface area contributed by atoms with Gasteiger partial charge in [0.15, 0.2) is 5.69 Å². The van der Waals surface area contributed by atoms with E-state index in [4.69, 9.17) is 5.73 Å². The van der Waals surface area contributed by atoms with E-state index in [-0.39, 0.29) is 17.8 Å². The molecule has 0 fully saturated rings. The quantitative estimate of drug-likeness (QED) is 0.886. The second-order valence-corrected chi connectivity index (χ2v) is 3.75. The molecule has 7 heteroatoms. The summed E-state index contributed by atoms with van der Waals surface area (Å²) < 4.78 is 28.1. The molecule has 0 aliphatic rings. The van der Waals surface area contributed by atoms with E-state index >= 15 is 0 Å². The third-order valence-corrected chi connectivity index (χ3v) is 2.59. The zero-order valence-corrected chi connectivity index (χ0v) is 9.52. The van der Waals surface area contributed by atoms with Crippen molar-refractivity contribution in [2.75, 3.05) is 0 Å². The molecule has 1 heterocycles. The summed E-state index contributed by atoms with van der Waals surface area (Å²) in [6.45, 7) is 1.41. The fourth-order valence-electron chi connectivity index (χ4n) is 1.57. The van der Waals surface area contributed by atoms with Crippen molar-refractivity contribution in [3.8, 4) is 0 Å². The summed E-state index contributed by atoms with van der Waals surface area (Å²) in [7, 11) is 0. The highest BCUT2D eigenvalue weighted by atomic mass is 19.1. The van der Waals surface area contributed by atoms with Crippen molar-refractivity contribution in [2.45, 2.75) is 13.5 Å². The number of carbonyl (C=O) groups is 1. The summed E-state index contributed by atoms with van der Waals surface area (Å²) in [4.78, 5) is 11.0. The van der Waals surface area contributed by atoms with Crippen molar-refractivity contribution in [1.82, 2.24) is 15.0 Å². The Bertz CT molecular complexity index is 589. The van der Waals surface area contributed by atoms with Gasteiger partial charge in [0.2, 0.25) is 0 Å². The maximum Gasteiger partial charge on any atom is 0.271 e. The van der Waals surface area contributed by atoms with Gasteiger partial charge in [-0.05, 0) is 19.1 Å². The van der Waals surface area contributed by atoms with Crippen LogP contribution in [0.3, 0.4) is 0 Å². The van der Waals surface area contributed by atoms with Gasteiger partial charge in [-0.25, -0.2) is 13.5 Å². The predicted molar refractivity (Wildman–Crippen MR) is 58.7 cm³/mol. The van der Waals surface area contributed by atoms with E-state index in [0.717, 1.165) is 12.1 Å². The molecule has 0 radical (unpaired) electrons. The van der Waals surface area contributed by atoms with Gasteiger partial charge in [0.05, 0.1) is 12.2 Å². The van der Waals surface area contributed by atoms with Gasteiger partial charge in [-0.3, -0.25) is 4.79 Å². The minimum absolute atomic E-state index is 0.00764. The number of hydrogen-bond donors (Lipinski definition) is 1. The monoisotopic (exact) mass is 252 g/mol. The predicted octanol–water partition coefficient (Wildman–Crippen LogP) is 1.01. The molecule has 0 spiro atoms. The summed E-state index contributed by atoms with van der Waals surface area (Å²) in [5.74, 6) is -2.08. The first-order valence-electron chi connectivity index (χ1n) is 5.13. The van der Waals surface area contributed by atoms with Gasteiger partial charge in [-0.1, -0.05) is 11.3 Å². The molecule has 0 bridgehead atoms. The van der Waals surface area contributed by atoms with Crippen LogP contribution in [0.2, 0.25) is 0 Å². The van der Waals surface area contributed by atoms with E-state index < -0.39 is 17.5 Å². The molecule has 2 rings (SSSR count). The Morgan fingerprint density at radius 1 is 1.39 bits per heavy atom. The van der Waals surface area contributed by atoms with Crippen molar-refractivity contribution in [2.24, 2.45) is 5.73 Å². The van der Waals surface area contributed by atoms with Crippen LogP contribution in [0.4, 0.5) is 8.78 Å². The smallest absolute Gasteiger partial charge is 0.271 e. The van der Waals surface area contributed by atoms with E-state index in [2.05, 4.69) is 10.3 Å². The molecule has 0 aliphatic heterocycles. The molecule has 2 N–H and O–H groups in total. The lowest BCUT2D eigenvalue weighted by molar-refractivity contribution is 0.0995. The number of amides is 1. The minimum Gasteiger partial charge on any atom is -0.364 e. The molecule has 1 amide bonds. The third-order valence-electron chi connectivity index (χ3n) is 2.59. The van der Waals surface area contributed by atoms with Crippen LogP contribution >= 0.6 is 0 Å². The van der Waals surface area contributed by atoms with Crippen molar-refractivity contribution < 1.29 is 13.6 Å². The Morgan fingerprint density at radius 2 is 2.00 bits per heavy atom. The first kappa shape index (κ1) is 12.2. The van der Waals surface area contributed by atoms with Gasteiger partial charge in [0, 0.05) is 5.56 Å². The molecule has 18 heavy (non-hydrogen) atoms. The number of carbonyl (C=O) groups excluding carboxylic acids is 1. The van der Waals surface area contributed by atoms with Crippen molar-refractivity contribution in [3.63, 3.8) is 0 Å². The van der Waals surface area contributed by atoms with E-state index in [9.17, 15) is 13.6 Å². The van der Waals surface area contributed by atoms with Gasteiger partial charge < -0.3 is 5.73 Å².